The number of benzene rings is 2. The molecule has 1 fully saturated rings. The Hall–Kier alpha value is -3.48. The van der Waals surface area contributed by atoms with Crippen LogP contribution < -0.4 is 9.80 Å². The molecule has 0 amide bonds. The summed E-state index contributed by atoms with van der Waals surface area (Å²) in [5.74, 6) is 2.26. The second kappa shape index (κ2) is 9.41. The normalized spacial score (nSPS) is 14.4. The van der Waals surface area contributed by atoms with E-state index in [2.05, 4.69) is 90.3 Å². The van der Waals surface area contributed by atoms with Gasteiger partial charge in [0.25, 0.3) is 0 Å². The summed E-state index contributed by atoms with van der Waals surface area (Å²) in [4.78, 5) is 14.7. The molecule has 4 aromatic rings. The van der Waals surface area contributed by atoms with Gasteiger partial charge >= 0.3 is 0 Å². The maximum absolute atomic E-state index is 5.00. The average Bonchev–Trinajstić information content (AvgIpc) is 3.23. The van der Waals surface area contributed by atoms with Crippen molar-refractivity contribution in [3.05, 3.63) is 71.0 Å². The summed E-state index contributed by atoms with van der Waals surface area (Å²) in [6.07, 6.45) is 0.835. The molecule has 2 aromatic carbocycles. The van der Waals surface area contributed by atoms with Gasteiger partial charge in [-0.2, -0.15) is 0 Å². The molecule has 0 atom stereocenters. The third-order valence-electron chi connectivity index (χ3n) is 6.65. The van der Waals surface area contributed by atoms with Crippen LogP contribution in [0.15, 0.2) is 48.5 Å². The van der Waals surface area contributed by atoms with E-state index in [1.807, 2.05) is 10.7 Å². The number of nitrogens with zero attached hydrogens (tertiary/aromatic N) is 7. The SMILES string of the molecule is Cc1cccc(N2CCN(c3nc(CC(C)C)nc4c3nnn4Cc3ccccc3)CC2)c1C. The third-order valence-corrected chi connectivity index (χ3v) is 6.65. The van der Waals surface area contributed by atoms with Gasteiger partial charge in [0.15, 0.2) is 17.0 Å². The summed E-state index contributed by atoms with van der Waals surface area (Å²) in [6, 6.07) is 16.9. The molecule has 0 N–H and O–H groups in total. The van der Waals surface area contributed by atoms with E-state index in [9.17, 15) is 0 Å². The van der Waals surface area contributed by atoms with Crippen molar-refractivity contribution in [1.82, 2.24) is 25.0 Å². The standard InChI is InChI=1S/C27H33N7/c1-19(2)17-24-28-26(25-27(29-24)34(31-30-25)18-22-10-6-5-7-11-22)33-15-13-32(14-16-33)23-12-8-9-20(3)21(23)4/h5-12,19H,13-18H2,1-4H3. The van der Waals surface area contributed by atoms with Crippen LogP contribution in [0.4, 0.5) is 11.5 Å². The molecule has 34 heavy (non-hydrogen) atoms. The van der Waals surface area contributed by atoms with Crippen molar-refractivity contribution in [3.8, 4) is 0 Å². The van der Waals surface area contributed by atoms with Gasteiger partial charge < -0.3 is 9.80 Å². The van der Waals surface area contributed by atoms with Crippen molar-refractivity contribution in [1.29, 1.82) is 0 Å². The number of anilines is 2. The van der Waals surface area contributed by atoms with E-state index in [-0.39, 0.29) is 0 Å². The number of aromatic nitrogens is 5. The summed E-state index contributed by atoms with van der Waals surface area (Å²) in [7, 11) is 0. The van der Waals surface area contributed by atoms with Gasteiger partial charge in [-0.1, -0.05) is 61.5 Å². The average molecular weight is 456 g/mol. The highest BCUT2D eigenvalue weighted by Crippen LogP contribution is 2.28. The summed E-state index contributed by atoms with van der Waals surface area (Å²) in [6.45, 7) is 13.1. The number of piperazine rings is 1. The molecule has 2 aromatic heterocycles. The molecule has 0 saturated carbocycles. The largest absolute Gasteiger partial charge is 0.368 e. The Balaban J connectivity index is 1.45. The van der Waals surface area contributed by atoms with Gasteiger partial charge in [-0.25, -0.2) is 14.6 Å². The van der Waals surface area contributed by atoms with E-state index in [0.717, 1.165) is 55.4 Å². The van der Waals surface area contributed by atoms with Crippen molar-refractivity contribution in [3.63, 3.8) is 0 Å². The van der Waals surface area contributed by atoms with Crippen LogP contribution in [0.5, 0.6) is 0 Å². The molecule has 0 bridgehead atoms. The van der Waals surface area contributed by atoms with Crippen molar-refractivity contribution in [2.24, 2.45) is 5.92 Å². The van der Waals surface area contributed by atoms with E-state index in [0.29, 0.717) is 12.5 Å². The Labute approximate surface area is 201 Å². The maximum atomic E-state index is 5.00. The molecule has 0 spiro atoms. The lowest BCUT2D eigenvalue weighted by Gasteiger charge is -2.37. The zero-order chi connectivity index (χ0) is 23.7. The van der Waals surface area contributed by atoms with Gasteiger partial charge in [-0.15, -0.1) is 5.10 Å². The quantitative estimate of drug-likeness (QED) is 0.429. The Morgan fingerprint density at radius 1 is 0.853 bits per heavy atom. The van der Waals surface area contributed by atoms with Crippen LogP contribution in [0, 0.1) is 19.8 Å². The molecule has 3 heterocycles. The second-order valence-electron chi connectivity index (χ2n) is 9.66. The molecular formula is C27H33N7. The predicted octanol–water partition coefficient (Wildman–Crippen LogP) is 4.41. The molecule has 0 radical (unpaired) electrons. The summed E-state index contributed by atoms with van der Waals surface area (Å²) in [5, 5.41) is 9.02. The van der Waals surface area contributed by atoms with Crippen LogP contribution in [0.3, 0.4) is 0 Å². The molecule has 1 saturated heterocycles. The van der Waals surface area contributed by atoms with Crippen LogP contribution in [-0.2, 0) is 13.0 Å². The molecule has 176 valence electrons. The van der Waals surface area contributed by atoms with Gasteiger partial charge in [0.05, 0.1) is 6.54 Å². The van der Waals surface area contributed by atoms with Gasteiger partial charge in [0.2, 0.25) is 0 Å². The molecule has 7 heteroatoms. The summed E-state index contributed by atoms with van der Waals surface area (Å²) in [5.41, 5.74) is 6.84. The van der Waals surface area contributed by atoms with Crippen molar-refractivity contribution in [2.45, 2.75) is 40.7 Å². The maximum Gasteiger partial charge on any atom is 0.184 e. The molecule has 0 aliphatic carbocycles. The van der Waals surface area contributed by atoms with Crippen LogP contribution in [0.1, 0.15) is 36.4 Å². The first kappa shape index (κ1) is 22.3. The van der Waals surface area contributed by atoms with Crippen molar-refractivity contribution >= 4 is 22.7 Å². The first-order valence-corrected chi connectivity index (χ1v) is 12.2. The van der Waals surface area contributed by atoms with Crippen molar-refractivity contribution < 1.29 is 0 Å². The first-order chi connectivity index (χ1) is 16.5. The van der Waals surface area contributed by atoms with Crippen LogP contribution in [-0.4, -0.2) is 51.1 Å². The molecule has 5 rings (SSSR count). The monoisotopic (exact) mass is 455 g/mol. The van der Waals surface area contributed by atoms with E-state index in [4.69, 9.17) is 9.97 Å². The van der Waals surface area contributed by atoms with Gasteiger partial charge in [-0.3, -0.25) is 0 Å². The number of hydrogen-bond donors (Lipinski definition) is 0. The molecule has 1 aliphatic rings. The first-order valence-electron chi connectivity index (χ1n) is 12.2. The van der Waals surface area contributed by atoms with Crippen LogP contribution in [0.25, 0.3) is 11.2 Å². The number of fused-ring (bicyclic) bond motifs is 1. The Bertz CT molecular complexity index is 1270. The second-order valence-corrected chi connectivity index (χ2v) is 9.66. The lowest BCUT2D eigenvalue weighted by molar-refractivity contribution is 0.611. The van der Waals surface area contributed by atoms with Gasteiger partial charge in [0, 0.05) is 38.3 Å². The van der Waals surface area contributed by atoms with Gasteiger partial charge in [0.1, 0.15) is 5.82 Å². The zero-order valence-corrected chi connectivity index (χ0v) is 20.6. The fraction of sp³-hybridized carbons (Fsp3) is 0.407. The fourth-order valence-electron chi connectivity index (χ4n) is 4.66. The molecule has 0 unspecified atom stereocenters. The highest BCUT2D eigenvalue weighted by atomic mass is 15.5. The highest BCUT2D eigenvalue weighted by molar-refractivity contribution is 5.83. The highest BCUT2D eigenvalue weighted by Gasteiger charge is 2.24. The fourth-order valence-corrected chi connectivity index (χ4v) is 4.66. The molecule has 7 nitrogen and oxygen atoms in total. The lowest BCUT2D eigenvalue weighted by atomic mass is 10.1. The van der Waals surface area contributed by atoms with E-state index >= 15 is 0 Å². The third kappa shape index (κ3) is 4.47. The summed E-state index contributed by atoms with van der Waals surface area (Å²) < 4.78 is 1.91. The number of aryl methyl sites for hydroxylation is 1. The summed E-state index contributed by atoms with van der Waals surface area (Å²) >= 11 is 0. The van der Waals surface area contributed by atoms with E-state index in [1.165, 1.54) is 22.4 Å². The van der Waals surface area contributed by atoms with E-state index < -0.39 is 0 Å². The lowest BCUT2D eigenvalue weighted by Crippen LogP contribution is -2.47. The Kier molecular flexibility index (Phi) is 6.18. The zero-order valence-electron chi connectivity index (χ0n) is 20.6. The minimum absolute atomic E-state index is 0.477. The Morgan fingerprint density at radius 2 is 1.59 bits per heavy atom. The Morgan fingerprint density at radius 3 is 2.32 bits per heavy atom. The minimum atomic E-state index is 0.477. The predicted molar refractivity (Wildman–Crippen MR) is 138 cm³/mol. The smallest absolute Gasteiger partial charge is 0.184 e. The molecular weight excluding hydrogens is 422 g/mol. The van der Waals surface area contributed by atoms with Gasteiger partial charge in [-0.05, 0) is 42.5 Å². The van der Waals surface area contributed by atoms with Crippen LogP contribution >= 0.6 is 0 Å². The van der Waals surface area contributed by atoms with Crippen LogP contribution in [0.2, 0.25) is 0 Å². The number of rotatable bonds is 6. The van der Waals surface area contributed by atoms with Crippen molar-refractivity contribution in [2.75, 3.05) is 36.0 Å². The topological polar surface area (TPSA) is 63.0 Å². The molecule has 1 aliphatic heterocycles. The number of hydrogen-bond acceptors (Lipinski definition) is 6. The minimum Gasteiger partial charge on any atom is -0.368 e. The van der Waals surface area contributed by atoms with E-state index in [1.54, 1.807) is 0 Å².